The van der Waals surface area contributed by atoms with Crippen LogP contribution in [-0.4, -0.2) is 126 Å². The predicted molar refractivity (Wildman–Crippen MR) is 164 cm³/mol. The van der Waals surface area contributed by atoms with E-state index < -0.39 is 0 Å². The van der Waals surface area contributed by atoms with Gasteiger partial charge in [0, 0.05) is 19.5 Å². The van der Waals surface area contributed by atoms with Crippen molar-refractivity contribution in [3.8, 4) is 6.07 Å². The maximum atomic E-state index is 10.8. The van der Waals surface area contributed by atoms with Crippen molar-refractivity contribution in [1.29, 1.82) is 5.26 Å². The molecule has 2 rings (SSSR count). The summed E-state index contributed by atoms with van der Waals surface area (Å²) in [5.41, 5.74) is 2.54. The van der Waals surface area contributed by atoms with E-state index in [1.54, 1.807) is 11.6 Å². The molecule has 45 heavy (non-hydrogen) atoms. The Labute approximate surface area is 266 Å². The lowest BCUT2D eigenvalue weighted by Gasteiger charge is -2.08. The third-order valence-corrected chi connectivity index (χ3v) is 5.97. The molecule has 0 saturated heterocycles. The number of benzene rings is 1. The standard InChI is InChI=1S/C31H49N5O9/c1-28(37)6-9-38-12-15-41-18-19-43-17-14-40-11-8-36-26-31(34-35-36)27-45-23-22-44-21-20-42-16-13-39-10-7-33-25-30-4-2-29(24-32)3-5-30/h2-5,26,33H,6-23,25,27H2,1H3. The highest BCUT2D eigenvalue weighted by molar-refractivity contribution is 5.75. The van der Waals surface area contributed by atoms with Crippen LogP contribution in [0.4, 0.5) is 0 Å². The summed E-state index contributed by atoms with van der Waals surface area (Å²) < 4.78 is 45.6. The Hall–Kier alpha value is -2.84. The second kappa shape index (κ2) is 27.5. The number of carbonyl (C=O) groups is 1. The van der Waals surface area contributed by atoms with E-state index in [0.717, 1.165) is 24.3 Å². The van der Waals surface area contributed by atoms with Gasteiger partial charge in [0.1, 0.15) is 11.5 Å². The van der Waals surface area contributed by atoms with E-state index in [4.69, 9.17) is 43.2 Å². The third-order valence-electron chi connectivity index (χ3n) is 5.97. The number of ether oxygens (including phenoxy) is 8. The molecule has 14 heteroatoms. The quantitative estimate of drug-likeness (QED) is 0.119. The van der Waals surface area contributed by atoms with E-state index in [1.807, 2.05) is 30.5 Å². The second-order valence-corrected chi connectivity index (χ2v) is 9.75. The van der Waals surface area contributed by atoms with Gasteiger partial charge in [-0.2, -0.15) is 5.26 Å². The Kier molecular flexibility index (Phi) is 23.4. The average molecular weight is 636 g/mol. The maximum Gasteiger partial charge on any atom is 0.132 e. The minimum absolute atomic E-state index is 0.122. The number of nitrogens with one attached hydrogen (secondary N) is 1. The highest BCUT2D eigenvalue weighted by Gasteiger charge is 2.02. The number of hydrogen-bond donors (Lipinski definition) is 1. The summed E-state index contributed by atoms with van der Waals surface area (Å²) >= 11 is 0. The van der Waals surface area contributed by atoms with Gasteiger partial charge in [0.2, 0.25) is 0 Å². The average Bonchev–Trinajstić information content (AvgIpc) is 3.50. The van der Waals surface area contributed by atoms with Crippen LogP contribution in [0, 0.1) is 11.3 Å². The fraction of sp³-hybridized carbons (Fsp3) is 0.677. The van der Waals surface area contributed by atoms with Crippen molar-refractivity contribution in [2.24, 2.45) is 0 Å². The number of aromatic nitrogens is 3. The van der Waals surface area contributed by atoms with E-state index in [2.05, 4.69) is 21.7 Å². The SMILES string of the molecule is CC(=O)CCOCCOCCOCCOCCn1cc(COCCOCCOCCOCCNCc2ccc(C#N)cc2)nn1. The lowest BCUT2D eigenvalue weighted by Crippen LogP contribution is -2.20. The van der Waals surface area contributed by atoms with Crippen molar-refractivity contribution in [3.63, 3.8) is 0 Å². The first kappa shape index (κ1) is 38.3. The van der Waals surface area contributed by atoms with Gasteiger partial charge in [-0.25, -0.2) is 4.68 Å². The van der Waals surface area contributed by atoms with Gasteiger partial charge in [-0.05, 0) is 24.6 Å². The minimum atomic E-state index is 0.122. The number of Topliss-reactive ketones (excluding diaryl/α,β-unsaturated/α-hetero) is 1. The van der Waals surface area contributed by atoms with Crippen molar-refractivity contribution in [1.82, 2.24) is 20.3 Å². The summed E-state index contributed by atoms with van der Waals surface area (Å²) in [4.78, 5) is 10.8. The molecule has 0 aliphatic carbocycles. The largest absolute Gasteiger partial charge is 0.379 e. The molecule has 0 radical (unpaired) electrons. The van der Waals surface area contributed by atoms with Crippen molar-refractivity contribution in [2.75, 3.05) is 106 Å². The third kappa shape index (κ3) is 22.3. The molecule has 0 aliphatic heterocycles. The van der Waals surface area contributed by atoms with Gasteiger partial charge in [-0.3, -0.25) is 4.79 Å². The molecule has 0 unspecified atom stereocenters. The first-order valence-corrected chi connectivity index (χ1v) is 15.4. The Morgan fingerprint density at radius 1 is 0.733 bits per heavy atom. The van der Waals surface area contributed by atoms with Gasteiger partial charge in [-0.15, -0.1) is 5.10 Å². The first-order chi connectivity index (χ1) is 22.2. The first-order valence-electron chi connectivity index (χ1n) is 15.4. The molecule has 0 atom stereocenters. The fourth-order valence-corrected chi connectivity index (χ4v) is 3.56. The number of rotatable bonds is 31. The lowest BCUT2D eigenvalue weighted by atomic mass is 10.1. The molecule has 0 saturated carbocycles. The minimum Gasteiger partial charge on any atom is -0.379 e. The van der Waals surface area contributed by atoms with Crippen LogP contribution in [0.3, 0.4) is 0 Å². The summed E-state index contributed by atoms with van der Waals surface area (Å²) in [5.74, 6) is 0.122. The van der Waals surface area contributed by atoms with Gasteiger partial charge < -0.3 is 43.2 Å². The molecule has 252 valence electrons. The van der Waals surface area contributed by atoms with Crippen LogP contribution < -0.4 is 5.32 Å². The molecule has 0 amide bonds. The van der Waals surface area contributed by atoms with Gasteiger partial charge in [0.15, 0.2) is 0 Å². The number of ketones is 1. The van der Waals surface area contributed by atoms with E-state index in [0.29, 0.717) is 124 Å². The molecule has 1 N–H and O–H groups in total. The zero-order valence-corrected chi connectivity index (χ0v) is 26.5. The van der Waals surface area contributed by atoms with Crippen LogP contribution in [0.5, 0.6) is 0 Å². The normalized spacial score (nSPS) is 11.2. The summed E-state index contributed by atoms with van der Waals surface area (Å²) in [5, 5.41) is 20.3. The van der Waals surface area contributed by atoms with Crippen LogP contribution in [-0.2, 0) is 62.4 Å². The van der Waals surface area contributed by atoms with Crippen molar-refractivity contribution in [2.45, 2.75) is 33.0 Å². The Morgan fingerprint density at radius 3 is 1.80 bits per heavy atom. The smallest absolute Gasteiger partial charge is 0.132 e. The zero-order valence-electron chi connectivity index (χ0n) is 26.5. The van der Waals surface area contributed by atoms with Crippen LogP contribution in [0.15, 0.2) is 30.5 Å². The van der Waals surface area contributed by atoms with E-state index in [-0.39, 0.29) is 5.78 Å². The number of nitrogens with zero attached hydrogens (tertiary/aromatic N) is 4. The van der Waals surface area contributed by atoms with Crippen LogP contribution >= 0.6 is 0 Å². The molecule has 0 fully saturated rings. The van der Waals surface area contributed by atoms with E-state index >= 15 is 0 Å². The van der Waals surface area contributed by atoms with Gasteiger partial charge in [-0.1, -0.05) is 17.3 Å². The predicted octanol–water partition coefficient (Wildman–Crippen LogP) is 1.55. The molecule has 1 heterocycles. The number of carbonyl (C=O) groups excluding carboxylic acids is 1. The molecule has 1 aromatic heterocycles. The lowest BCUT2D eigenvalue weighted by molar-refractivity contribution is -0.118. The number of hydrogen-bond acceptors (Lipinski definition) is 13. The Bertz CT molecular complexity index is 1030. The zero-order chi connectivity index (χ0) is 32.0. The molecule has 2 aromatic rings. The number of nitriles is 1. The molecular formula is C31H49N5O9. The summed E-state index contributed by atoms with van der Waals surface area (Å²) in [6.45, 7) is 11.4. The van der Waals surface area contributed by atoms with Gasteiger partial charge >= 0.3 is 0 Å². The molecule has 14 nitrogen and oxygen atoms in total. The van der Waals surface area contributed by atoms with Gasteiger partial charge in [0.25, 0.3) is 0 Å². The molecule has 0 bridgehead atoms. The fourth-order valence-electron chi connectivity index (χ4n) is 3.56. The molecule has 0 spiro atoms. The molecular weight excluding hydrogens is 586 g/mol. The monoisotopic (exact) mass is 635 g/mol. The van der Waals surface area contributed by atoms with Crippen LogP contribution in [0.25, 0.3) is 0 Å². The van der Waals surface area contributed by atoms with E-state index in [9.17, 15) is 4.79 Å². The second-order valence-electron chi connectivity index (χ2n) is 9.75. The molecule has 1 aromatic carbocycles. The topological polar surface area (TPSA) is 157 Å². The summed E-state index contributed by atoms with van der Waals surface area (Å²) in [6.07, 6.45) is 2.27. The highest BCUT2D eigenvalue weighted by atomic mass is 16.6. The van der Waals surface area contributed by atoms with Crippen molar-refractivity contribution < 1.29 is 42.7 Å². The maximum absolute atomic E-state index is 10.8. The van der Waals surface area contributed by atoms with Crippen molar-refractivity contribution >= 4 is 5.78 Å². The molecule has 0 aliphatic rings. The highest BCUT2D eigenvalue weighted by Crippen LogP contribution is 2.02. The van der Waals surface area contributed by atoms with Crippen LogP contribution in [0.1, 0.15) is 30.2 Å². The van der Waals surface area contributed by atoms with E-state index in [1.165, 1.54) is 0 Å². The summed E-state index contributed by atoms with van der Waals surface area (Å²) in [6, 6.07) is 9.64. The Balaban J connectivity index is 1.27. The Morgan fingerprint density at radius 2 is 1.24 bits per heavy atom. The van der Waals surface area contributed by atoms with Gasteiger partial charge in [0.05, 0.1) is 130 Å². The van der Waals surface area contributed by atoms with Crippen LogP contribution in [0.2, 0.25) is 0 Å². The summed E-state index contributed by atoms with van der Waals surface area (Å²) in [7, 11) is 0. The van der Waals surface area contributed by atoms with Crippen molar-refractivity contribution in [3.05, 3.63) is 47.3 Å².